The van der Waals surface area contributed by atoms with Crippen molar-refractivity contribution < 1.29 is 4.79 Å². The molecule has 0 aliphatic carbocycles. The Hall–Kier alpha value is -2.94. The lowest BCUT2D eigenvalue weighted by atomic mass is 10.2. The average molecular weight is 399 g/mol. The third-order valence-electron chi connectivity index (χ3n) is 4.96. The molecule has 1 aliphatic rings. The van der Waals surface area contributed by atoms with E-state index in [0.29, 0.717) is 18.0 Å². The first-order valence-corrected chi connectivity index (χ1v) is 9.98. The monoisotopic (exact) mass is 399 g/mol. The zero-order valence-corrected chi connectivity index (χ0v) is 16.5. The molecule has 2 aromatic heterocycles. The maximum Gasteiger partial charge on any atom is 0.329 e. The van der Waals surface area contributed by atoms with E-state index < -0.39 is 11.2 Å². The molecule has 0 atom stereocenters. The second-order valence-electron chi connectivity index (χ2n) is 7.05. The van der Waals surface area contributed by atoms with Crippen LogP contribution in [0.5, 0.6) is 0 Å². The van der Waals surface area contributed by atoms with Gasteiger partial charge in [-0.25, -0.2) is 4.79 Å². The second-order valence-corrected chi connectivity index (χ2v) is 7.82. The van der Waals surface area contributed by atoms with E-state index >= 15 is 0 Å². The number of hydrogen-bond acceptors (Lipinski definition) is 6. The Morgan fingerprint density at radius 2 is 1.79 bits per heavy atom. The molecular weight excluding hydrogens is 378 g/mol. The van der Waals surface area contributed by atoms with Gasteiger partial charge in [0.25, 0.3) is 11.5 Å². The van der Waals surface area contributed by atoms with E-state index in [0.717, 1.165) is 34.9 Å². The number of aromatic amines is 1. The summed E-state index contributed by atoms with van der Waals surface area (Å²) < 4.78 is 5.28. The van der Waals surface area contributed by atoms with Gasteiger partial charge in [-0.1, -0.05) is 18.2 Å². The number of nitrogens with one attached hydrogen (secondary N) is 1. The molecule has 0 spiro atoms. The van der Waals surface area contributed by atoms with Gasteiger partial charge in [0.2, 0.25) is 0 Å². The first-order valence-electron chi connectivity index (χ1n) is 9.21. The van der Waals surface area contributed by atoms with E-state index in [1.165, 1.54) is 0 Å². The summed E-state index contributed by atoms with van der Waals surface area (Å²) in [7, 11) is 0. The van der Waals surface area contributed by atoms with Gasteiger partial charge in [-0.15, -0.1) is 0 Å². The van der Waals surface area contributed by atoms with Crippen LogP contribution < -0.4 is 16.1 Å². The van der Waals surface area contributed by atoms with Gasteiger partial charge in [0, 0.05) is 37.9 Å². The summed E-state index contributed by atoms with van der Waals surface area (Å²) in [6.45, 7) is 6.10. The summed E-state index contributed by atoms with van der Waals surface area (Å²) in [5, 5.41) is 0. The van der Waals surface area contributed by atoms with Crippen molar-refractivity contribution in [1.82, 2.24) is 18.8 Å². The van der Waals surface area contributed by atoms with Crippen molar-refractivity contribution in [2.75, 3.05) is 31.1 Å². The summed E-state index contributed by atoms with van der Waals surface area (Å²) >= 11 is 0.967. The standard InChI is InChI=1S/C19H21N5O3S/c1-12(2)24-17(25)15-14(20-19(24)27)16(28-21-15)18(26)23-10-8-22(9-11-23)13-6-4-3-5-7-13/h3-7,12H,8-11H2,1-2H3,(H,20,27). The van der Waals surface area contributed by atoms with Crippen LogP contribution >= 0.6 is 11.5 Å². The largest absolute Gasteiger partial charge is 0.368 e. The zero-order chi connectivity index (χ0) is 19.8. The van der Waals surface area contributed by atoms with Gasteiger partial charge in [0.1, 0.15) is 4.88 Å². The average Bonchev–Trinajstić information content (AvgIpc) is 3.12. The number of fused-ring (bicyclic) bond motifs is 1. The fourth-order valence-electron chi connectivity index (χ4n) is 3.49. The number of para-hydroxylation sites is 1. The molecular formula is C19H21N5O3S. The Morgan fingerprint density at radius 3 is 2.43 bits per heavy atom. The molecule has 1 aliphatic heterocycles. The summed E-state index contributed by atoms with van der Waals surface area (Å²) in [4.78, 5) is 44.8. The molecule has 1 amide bonds. The molecule has 4 rings (SSSR count). The van der Waals surface area contributed by atoms with Gasteiger partial charge in [-0.05, 0) is 37.5 Å². The molecule has 8 nitrogen and oxygen atoms in total. The Bertz CT molecular complexity index is 1120. The number of piperazine rings is 1. The minimum absolute atomic E-state index is 0.143. The van der Waals surface area contributed by atoms with Crippen molar-refractivity contribution in [3.8, 4) is 0 Å². The predicted octanol–water partition coefficient (Wildman–Crippen LogP) is 1.69. The van der Waals surface area contributed by atoms with Gasteiger partial charge in [-0.3, -0.25) is 14.2 Å². The van der Waals surface area contributed by atoms with E-state index in [1.807, 2.05) is 18.2 Å². The molecule has 3 heterocycles. The number of nitrogens with zero attached hydrogens (tertiary/aromatic N) is 4. The Labute approximate surface area is 165 Å². The van der Waals surface area contributed by atoms with E-state index in [9.17, 15) is 14.4 Å². The van der Waals surface area contributed by atoms with Crippen molar-refractivity contribution in [1.29, 1.82) is 0 Å². The number of anilines is 1. The molecule has 0 radical (unpaired) electrons. The van der Waals surface area contributed by atoms with Crippen LogP contribution in [0.1, 0.15) is 29.6 Å². The molecule has 0 saturated carbocycles. The number of carbonyl (C=O) groups excluding carboxylic acids is 1. The highest BCUT2D eigenvalue weighted by atomic mass is 32.1. The van der Waals surface area contributed by atoms with Gasteiger partial charge in [0.15, 0.2) is 5.52 Å². The van der Waals surface area contributed by atoms with Gasteiger partial charge in [0.05, 0.1) is 5.52 Å². The highest BCUT2D eigenvalue weighted by Gasteiger charge is 2.27. The number of amides is 1. The van der Waals surface area contributed by atoms with Crippen molar-refractivity contribution in [3.05, 3.63) is 56.0 Å². The maximum atomic E-state index is 13.0. The Morgan fingerprint density at radius 1 is 1.11 bits per heavy atom. The van der Waals surface area contributed by atoms with Gasteiger partial charge in [-0.2, -0.15) is 4.37 Å². The lowest BCUT2D eigenvalue weighted by Gasteiger charge is -2.35. The van der Waals surface area contributed by atoms with Gasteiger partial charge < -0.3 is 14.8 Å². The number of rotatable bonds is 3. The van der Waals surface area contributed by atoms with Crippen LogP contribution in [-0.2, 0) is 0 Å². The maximum absolute atomic E-state index is 13.0. The van der Waals surface area contributed by atoms with Crippen molar-refractivity contribution in [2.24, 2.45) is 0 Å². The first-order chi connectivity index (χ1) is 13.5. The molecule has 146 valence electrons. The second kappa shape index (κ2) is 7.23. The van der Waals surface area contributed by atoms with Crippen LogP contribution in [0.4, 0.5) is 5.69 Å². The summed E-state index contributed by atoms with van der Waals surface area (Å²) in [5.41, 5.74) is 0.543. The summed E-state index contributed by atoms with van der Waals surface area (Å²) in [6.07, 6.45) is 0. The number of hydrogen-bond donors (Lipinski definition) is 1. The Kier molecular flexibility index (Phi) is 4.76. The molecule has 1 fully saturated rings. The molecule has 9 heteroatoms. The molecule has 0 unspecified atom stereocenters. The quantitative estimate of drug-likeness (QED) is 0.724. The van der Waals surface area contributed by atoms with Crippen LogP contribution in [0.15, 0.2) is 39.9 Å². The topological polar surface area (TPSA) is 91.3 Å². The van der Waals surface area contributed by atoms with E-state index in [-0.39, 0.29) is 23.0 Å². The third-order valence-corrected chi connectivity index (χ3v) is 5.80. The SMILES string of the molecule is CC(C)n1c(=O)[nH]c2c(C(=O)N3CCN(c4ccccc4)CC3)snc2c1=O. The fourth-order valence-corrected chi connectivity index (χ4v) is 4.29. The van der Waals surface area contributed by atoms with Gasteiger partial charge >= 0.3 is 5.69 Å². The van der Waals surface area contributed by atoms with E-state index in [4.69, 9.17) is 0 Å². The fraction of sp³-hybridized carbons (Fsp3) is 0.368. The van der Waals surface area contributed by atoms with Crippen LogP contribution in [0.2, 0.25) is 0 Å². The van der Waals surface area contributed by atoms with Crippen molar-refractivity contribution >= 4 is 34.2 Å². The van der Waals surface area contributed by atoms with Crippen LogP contribution in [-0.4, -0.2) is 50.9 Å². The minimum Gasteiger partial charge on any atom is -0.368 e. The van der Waals surface area contributed by atoms with Crippen molar-refractivity contribution in [3.63, 3.8) is 0 Å². The normalized spacial score (nSPS) is 14.8. The van der Waals surface area contributed by atoms with Crippen LogP contribution in [0.3, 0.4) is 0 Å². The number of H-pyrrole nitrogens is 1. The molecule has 28 heavy (non-hydrogen) atoms. The third kappa shape index (κ3) is 3.11. The highest BCUT2D eigenvalue weighted by Crippen LogP contribution is 2.21. The van der Waals surface area contributed by atoms with E-state index in [1.54, 1.807) is 18.7 Å². The van der Waals surface area contributed by atoms with E-state index in [2.05, 4.69) is 26.4 Å². The summed E-state index contributed by atoms with van der Waals surface area (Å²) in [6, 6.07) is 9.80. The number of carbonyl (C=O) groups is 1. The first kappa shape index (κ1) is 18.4. The number of benzene rings is 1. The zero-order valence-electron chi connectivity index (χ0n) is 15.7. The molecule has 0 bridgehead atoms. The van der Waals surface area contributed by atoms with Crippen LogP contribution in [0, 0.1) is 0 Å². The predicted molar refractivity (Wildman–Crippen MR) is 109 cm³/mol. The number of aromatic nitrogens is 3. The molecule has 1 saturated heterocycles. The lowest BCUT2D eigenvalue weighted by Crippen LogP contribution is -2.48. The lowest BCUT2D eigenvalue weighted by molar-refractivity contribution is 0.0753. The van der Waals surface area contributed by atoms with Crippen molar-refractivity contribution in [2.45, 2.75) is 19.9 Å². The van der Waals surface area contributed by atoms with Crippen LogP contribution in [0.25, 0.3) is 11.0 Å². The summed E-state index contributed by atoms with van der Waals surface area (Å²) in [5.74, 6) is -0.197. The minimum atomic E-state index is -0.518. The molecule has 1 aromatic carbocycles. The molecule has 1 N–H and O–H groups in total. The molecule has 3 aromatic rings. The highest BCUT2D eigenvalue weighted by molar-refractivity contribution is 7.09. The Balaban J connectivity index is 1.59. The smallest absolute Gasteiger partial charge is 0.329 e.